The molecule has 3 amide bonds. The second-order valence-electron chi connectivity index (χ2n) is 6.82. The summed E-state index contributed by atoms with van der Waals surface area (Å²) in [5, 5.41) is 2.79. The molecule has 1 aliphatic rings. The van der Waals surface area contributed by atoms with Gasteiger partial charge in [0.2, 0.25) is 5.91 Å². The lowest BCUT2D eigenvalue weighted by molar-refractivity contribution is -0.123. The molecule has 0 aromatic heterocycles. The number of amides is 3. The third-order valence-electron chi connectivity index (χ3n) is 4.72. The molecule has 0 saturated carbocycles. The van der Waals surface area contributed by atoms with Crippen molar-refractivity contribution in [3.05, 3.63) is 65.2 Å². The summed E-state index contributed by atoms with van der Waals surface area (Å²) in [6, 6.07) is 15.0. The molecule has 6 nitrogen and oxygen atoms in total. The number of anilines is 1. The van der Waals surface area contributed by atoms with Crippen LogP contribution in [0.25, 0.3) is 0 Å². The number of nitrogens with two attached hydrogens (primary N) is 1. The van der Waals surface area contributed by atoms with E-state index in [1.165, 1.54) is 0 Å². The predicted octanol–water partition coefficient (Wildman–Crippen LogP) is 2.39. The summed E-state index contributed by atoms with van der Waals surface area (Å²) in [6.45, 7) is 2.87. The molecule has 0 spiro atoms. The van der Waals surface area contributed by atoms with Gasteiger partial charge in [-0.15, -0.1) is 0 Å². The Morgan fingerprint density at radius 3 is 2.59 bits per heavy atom. The first kappa shape index (κ1) is 18.6. The van der Waals surface area contributed by atoms with Crippen molar-refractivity contribution < 1.29 is 14.4 Å². The second kappa shape index (κ2) is 8.03. The van der Waals surface area contributed by atoms with Crippen molar-refractivity contribution in [1.82, 2.24) is 4.90 Å². The van der Waals surface area contributed by atoms with Crippen molar-refractivity contribution >= 4 is 23.4 Å². The molecule has 0 aliphatic carbocycles. The van der Waals surface area contributed by atoms with E-state index in [4.69, 9.17) is 5.73 Å². The minimum Gasteiger partial charge on any atom is -0.369 e. The fourth-order valence-electron chi connectivity index (χ4n) is 3.15. The molecule has 1 atom stereocenters. The molecular formula is C21H22N3O3. The summed E-state index contributed by atoms with van der Waals surface area (Å²) in [4.78, 5) is 38.2. The molecule has 1 saturated heterocycles. The third kappa shape index (κ3) is 4.53. The van der Waals surface area contributed by atoms with Crippen LogP contribution in [0, 0.1) is 18.9 Å². The standard InChI is InChI=1S/C21H22N3O3/c1-14-7-9-15(10-8-14)20(26)23-18-6-2-4-16(12-18)21(27)24-11-3-5-17(13-24)19(22)25/h4,6-10,12,17H,3,5,11,13H2,1H3,(H2,22,25)(H,23,26). The molecule has 1 fully saturated rings. The lowest BCUT2D eigenvalue weighted by Crippen LogP contribution is -2.44. The second-order valence-corrected chi connectivity index (χ2v) is 6.82. The van der Waals surface area contributed by atoms with Crippen LogP contribution in [0.5, 0.6) is 0 Å². The van der Waals surface area contributed by atoms with Crippen LogP contribution < -0.4 is 11.1 Å². The first-order chi connectivity index (χ1) is 12.9. The van der Waals surface area contributed by atoms with Crippen LogP contribution in [0.3, 0.4) is 0 Å². The van der Waals surface area contributed by atoms with E-state index >= 15 is 0 Å². The Bertz CT molecular complexity index is 861. The lowest BCUT2D eigenvalue weighted by Gasteiger charge is -2.31. The van der Waals surface area contributed by atoms with Gasteiger partial charge < -0.3 is 16.0 Å². The maximum Gasteiger partial charge on any atom is 0.255 e. The number of benzene rings is 2. The van der Waals surface area contributed by atoms with Gasteiger partial charge in [0.15, 0.2) is 0 Å². The van der Waals surface area contributed by atoms with Gasteiger partial charge in [-0.2, -0.15) is 0 Å². The zero-order chi connectivity index (χ0) is 19.4. The molecule has 1 heterocycles. The van der Waals surface area contributed by atoms with Crippen molar-refractivity contribution in [1.29, 1.82) is 0 Å². The normalized spacial score (nSPS) is 16.6. The van der Waals surface area contributed by atoms with Gasteiger partial charge in [-0.05, 0) is 56.2 Å². The first-order valence-corrected chi connectivity index (χ1v) is 8.92. The number of rotatable bonds is 4. The summed E-state index contributed by atoms with van der Waals surface area (Å²) in [6.07, 6.45) is 1.45. The van der Waals surface area contributed by atoms with E-state index in [9.17, 15) is 14.4 Å². The maximum absolute atomic E-state index is 12.8. The fraction of sp³-hybridized carbons (Fsp3) is 0.286. The van der Waals surface area contributed by atoms with E-state index in [1.54, 1.807) is 35.2 Å². The third-order valence-corrected chi connectivity index (χ3v) is 4.72. The Labute approximate surface area is 158 Å². The van der Waals surface area contributed by atoms with E-state index in [2.05, 4.69) is 11.4 Å². The number of primary amides is 1. The number of nitrogens with one attached hydrogen (secondary N) is 1. The van der Waals surface area contributed by atoms with Crippen LogP contribution in [0.4, 0.5) is 5.69 Å². The zero-order valence-electron chi connectivity index (χ0n) is 15.2. The highest BCUT2D eigenvalue weighted by molar-refractivity contribution is 6.05. The van der Waals surface area contributed by atoms with Gasteiger partial charge in [0.1, 0.15) is 0 Å². The van der Waals surface area contributed by atoms with Crippen LogP contribution in [-0.2, 0) is 4.79 Å². The van der Waals surface area contributed by atoms with Gasteiger partial charge in [-0.1, -0.05) is 17.7 Å². The lowest BCUT2D eigenvalue weighted by atomic mass is 9.97. The highest BCUT2D eigenvalue weighted by Gasteiger charge is 2.27. The quantitative estimate of drug-likeness (QED) is 0.872. The molecule has 1 radical (unpaired) electrons. The molecule has 27 heavy (non-hydrogen) atoms. The number of piperidine rings is 1. The van der Waals surface area contributed by atoms with Gasteiger partial charge in [-0.25, -0.2) is 0 Å². The highest BCUT2D eigenvalue weighted by atomic mass is 16.2. The van der Waals surface area contributed by atoms with Crippen molar-refractivity contribution in [2.45, 2.75) is 19.8 Å². The highest BCUT2D eigenvalue weighted by Crippen LogP contribution is 2.20. The van der Waals surface area contributed by atoms with E-state index in [-0.39, 0.29) is 23.6 Å². The topological polar surface area (TPSA) is 92.5 Å². The molecular weight excluding hydrogens is 342 g/mol. The minimum atomic E-state index is -0.377. The van der Waals surface area contributed by atoms with Gasteiger partial charge in [-0.3, -0.25) is 14.4 Å². The van der Waals surface area contributed by atoms with Gasteiger partial charge in [0.05, 0.1) is 5.92 Å². The number of nitrogens with zero attached hydrogens (tertiary/aromatic N) is 1. The Kier molecular flexibility index (Phi) is 5.54. The van der Waals surface area contributed by atoms with Crippen LogP contribution in [0.15, 0.2) is 42.5 Å². The molecule has 2 aromatic carbocycles. The fourth-order valence-corrected chi connectivity index (χ4v) is 3.15. The van der Waals surface area contributed by atoms with Crippen molar-refractivity contribution in [3.63, 3.8) is 0 Å². The molecule has 3 rings (SSSR count). The van der Waals surface area contributed by atoms with Crippen molar-refractivity contribution in [3.8, 4) is 0 Å². The van der Waals surface area contributed by atoms with E-state index in [0.717, 1.165) is 12.0 Å². The van der Waals surface area contributed by atoms with Crippen molar-refractivity contribution in [2.24, 2.45) is 11.7 Å². The van der Waals surface area contributed by atoms with Crippen LogP contribution in [0.1, 0.15) is 39.1 Å². The summed E-state index contributed by atoms with van der Waals surface area (Å²) in [5.74, 6) is -1.13. The molecule has 139 valence electrons. The number of hydrogen-bond donors (Lipinski definition) is 2. The SMILES string of the molecule is Cc1ccc(C(=O)Nc2c[c]cc(C(=O)N3CCCC(C(N)=O)C3)c2)cc1. The van der Waals surface area contributed by atoms with E-state index < -0.39 is 0 Å². The summed E-state index contributed by atoms with van der Waals surface area (Å²) in [5.41, 5.74) is 7.91. The Hall–Kier alpha value is -3.15. The molecule has 2 aromatic rings. The summed E-state index contributed by atoms with van der Waals surface area (Å²) < 4.78 is 0. The van der Waals surface area contributed by atoms with Crippen LogP contribution in [-0.4, -0.2) is 35.7 Å². The average Bonchev–Trinajstić information content (AvgIpc) is 2.68. The number of aryl methyl sites for hydroxylation is 1. The molecule has 6 heteroatoms. The van der Waals surface area contributed by atoms with E-state index in [0.29, 0.717) is 36.3 Å². The number of hydrogen-bond acceptors (Lipinski definition) is 3. The number of likely N-dealkylation sites (tertiary alicyclic amines) is 1. The largest absolute Gasteiger partial charge is 0.369 e. The van der Waals surface area contributed by atoms with Crippen LogP contribution in [0.2, 0.25) is 0 Å². The zero-order valence-corrected chi connectivity index (χ0v) is 15.2. The first-order valence-electron chi connectivity index (χ1n) is 8.92. The average molecular weight is 364 g/mol. The molecule has 3 N–H and O–H groups in total. The van der Waals surface area contributed by atoms with Gasteiger partial charge >= 0.3 is 0 Å². The monoisotopic (exact) mass is 364 g/mol. The van der Waals surface area contributed by atoms with Gasteiger partial charge in [0.25, 0.3) is 11.8 Å². The molecule has 1 unspecified atom stereocenters. The predicted molar refractivity (Wildman–Crippen MR) is 102 cm³/mol. The number of carbonyl (C=O) groups is 3. The Morgan fingerprint density at radius 2 is 1.89 bits per heavy atom. The summed E-state index contributed by atoms with van der Waals surface area (Å²) in [7, 11) is 0. The van der Waals surface area contributed by atoms with Gasteiger partial charge in [0, 0.05) is 29.9 Å². The molecule has 1 aliphatic heterocycles. The molecule has 0 bridgehead atoms. The smallest absolute Gasteiger partial charge is 0.255 e. The van der Waals surface area contributed by atoms with Crippen LogP contribution >= 0.6 is 0 Å². The number of carbonyl (C=O) groups excluding carboxylic acids is 3. The summed E-state index contributed by atoms with van der Waals surface area (Å²) >= 11 is 0. The maximum atomic E-state index is 12.8. The van der Waals surface area contributed by atoms with Crippen molar-refractivity contribution in [2.75, 3.05) is 18.4 Å². The Balaban J connectivity index is 1.71. The van der Waals surface area contributed by atoms with E-state index in [1.807, 2.05) is 19.1 Å². The minimum absolute atomic E-state index is 0.191. The Morgan fingerprint density at radius 1 is 1.15 bits per heavy atom.